The summed E-state index contributed by atoms with van der Waals surface area (Å²) >= 11 is 3.37. The Morgan fingerprint density at radius 2 is 1.18 bits per heavy atom. The van der Waals surface area contributed by atoms with Crippen LogP contribution >= 0.6 is 15.9 Å². The molecule has 5 aromatic rings. The van der Waals surface area contributed by atoms with Gasteiger partial charge in [-0.15, -0.1) is 0 Å². The van der Waals surface area contributed by atoms with Crippen LogP contribution in [0.1, 0.15) is 45.5 Å². The summed E-state index contributed by atoms with van der Waals surface area (Å²) in [6.45, 7) is 11.0. The molecule has 0 unspecified atom stereocenters. The average molecular weight is 726 g/mol. The summed E-state index contributed by atoms with van der Waals surface area (Å²) in [6, 6.07) is 23.4. The van der Waals surface area contributed by atoms with Crippen molar-refractivity contribution in [1.82, 2.24) is 25.3 Å². The number of anilines is 4. The number of benzene rings is 3. The third kappa shape index (κ3) is 10.7. The lowest BCUT2D eigenvalue weighted by Gasteiger charge is -2.11. The second kappa shape index (κ2) is 17.9. The lowest BCUT2D eigenvalue weighted by molar-refractivity contribution is 0.0953. The van der Waals surface area contributed by atoms with Crippen molar-refractivity contribution in [3.63, 3.8) is 0 Å². The van der Waals surface area contributed by atoms with Crippen molar-refractivity contribution in [2.75, 3.05) is 48.3 Å². The Labute approximate surface area is 296 Å². The molecule has 0 saturated carbocycles. The van der Waals surface area contributed by atoms with Crippen molar-refractivity contribution >= 4 is 45.4 Å². The second-order valence-corrected chi connectivity index (χ2v) is 12.5. The number of carbonyl (C=O) groups excluding carboxylic acids is 1. The molecule has 0 spiro atoms. The molecule has 0 bridgehead atoms. The summed E-state index contributed by atoms with van der Waals surface area (Å²) < 4.78 is 0.882. The Kier molecular flexibility index (Phi) is 13.4. The number of carbonyl (C=O) groups is 1. The second-order valence-electron chi connectivity index (χ2n) is 11.6. The smallest absolute Gasteiger partial charge is 0.251 e. The van der Waals surface area contributed by atoms with Gasteiger partial charge in [0, 0.05) is 52.9 Å². The van der Waals surface area contributed by atoms with E-state index in [0.29, 0.717) is 31.0 Å². The largest absolute Gasteiger partial charge is 0.370 e. The molecule has 2 aromatic heterocycles. The van der Waals surface area contributed by atoms with Crippen molar-refractivity contribution in [3.05, 3.63) is 105 Å². The van der Waals surface area contributed by atoms with Crippen molar-refractivity contribution in [1.29, 1.82) is 0 Å². The van der Waals surface area contributed by atoms with Crippen molar-refractivity contribution < 1.29 is 4.79 Å². The molecule has 0 aliphatic rings. The number of rotatable bonds is 12. The predicted octanol–water partition coefficient (Wildman–Crippen LogP) is 6.44. The van der Waals surface area contributed by atoms with Gasteiger partial charge in [0.05, 0.1) is 11.4 Å². The fraction of sp³-hybridized carbons (Fsp3) is 0.270. The molecule has 1 amide bonds. The summed E-state index contributed by atoms with van der Waals surface area (Å²) in [5, 5.41) is 9.40. The van der Waals surface area contributed by atoms with Crippen LogP contribution in [0.5, 0.6) is 0 Å². The minimum absolute atomic E-state index is 0.0882. The molecular formula is C37H45BrN10O. The Morgan fingerprint density at radius 3 is 1.69 bits per heavy atom. The normalized spacial score (nSPS) is 10.6. The van der Waals surface area contributed by atoms with E-state index in [4.69, 9.17) is 17.2 Å². The number of aromatic nitrogens is 4. The Bertz CT molecular complexity index is 1880. The fourth-order valence-corrected chi connectivity index (χ4v) is 5.40. The molecule has 12 heteroatoms. The maximum atomic E-state index is 12.1. The molecule has 3 aromatic carbocycles. The number of nitrogens with zero attached hydrogens (tertiary/aromatic N) is 4. The number of hydrogen-bond donors (Lipinski definition) is 6. The van der Waals surface area contributed by atoms with Gasteiger partial charge in [0.1, 0.15) is 11.6 Å². The van der Waals surface area contributed by atoms with Gasteiger partial charge in [-0.05, 0) is 87.5 Å². The summed E-state index contributed by atoms with van der Waals surface area (Å²) in [5.41, 5.74) is 26.4. The monoisotopic (exact) mass is 724 g/mol. The zero-order chi connectivity index (χ0) is 35.3. The highest BCUT2D eigenvalue weighted by molar-refractivity contribution is 9.10. The van der Waals surface area contributed by atoms with Gasteiger partial charge in [0.2, 0.25) is 11.9 Å². The summed E-state index contributed by atoms with van der Waals surface area (Å²) in [4.78, 5) is 29.3. The van der Waals surface area contributed by atoms with Gasteiger partial charge >= 0.3 is 0 Å². The molecule has 0 aliphatic carbocycles. The summed E-state index contributed by atoms with van der Waals surface area (Å²) in [6.07, 6.45) is 1.64. The number of hydrogen-bond acceptors (Lipinski definition) is 10. The lowest BCUT2D eigenvalue weighted by Crippen LogP contribution is -2.25. The van der Waals surface area contributed by atoms with Crippen molar-refractivity contribution in [2.45, 2.75) is 40.5 Å². The van der Waals surface area contributed by atoms with Crippen LogP contribution in [0.4, 0.5) is 23.5 Å². The van der Waals surface area contributed by atoms with Crippen molar-refractivity contribution in [3.8, 4) is 22.5 Å². The zero-order valence-corrected chi connectivity index (χ0v) is 30.1. The van der Waals surface area contributed by atoms with Gasteiger partial charge in [0.15, 0.2) is 0 Å². The maximum absolute atomic E-state index is 12.1. The molecule has 5 rings (SSSR count). The number of nitrogens with two attached hydrogens (primary N) is 3. The van der Waals surface area contributed by atoms with Crippen LogP contribution in [-0.4, -0.2) is 52.0 Å². The molecule has 256 valence electrons. The fourth-order valence-electron chi connectivity index (χ4n) is 5.00. The standard InChI is InChI=1S/C22H24BrN5O.C15H21N5/c1-14-6-3-9-18(15(14)2)19-13-20(28-22(24)27-19)25-10-5-11-26-21(29)16-7-4-8-17(23)12-16;1-10-5-3-6-12(11(10)2)13-9-14(18-8-4-7-16)20-15(17)19-13/h3-4,6-9,12-13H,5,10-11H2,1-2H3,(H,26,29)(H3,24,25,27,28);3,5-6,9H,4,7-8,16H2,1-2H3,(H3,17,18,19,20). The van der Waals surface area contributed by atoms with Crippen LogP contribution in [0.15, 0.2) is 77.3 Å². The Balaban J connectivity index is 0.000000237. The minimum atomic E-state index is -0.0882. The number of nitrogens with one attached hydrogen (secondary N) is 3. The van der Waals surface area contributed by atoms with E-state index in [1.54, 1.807) is 12.1 Å². The van der Waals surface area contributed by atoms with E-state index in [1.807, 2.05) is 48.5 Å². The molecule has 0 radical (unpaired) electrons. The maximum Gasteiger partial charge on any atom is 0.251 e. The topological polar surface area (TPSA) is 183 Å². The number of nitrogen functional groups attached to an aromatic ring is 2. The summed E-state index contributed by atoms with van der Waals surface area (Å²) in [5.74, 6) is 1.83. The Hall–Kier alpha value is -5.07. The summed E-state index contributed by atoms with van der Waals surface area (Å²) in [7, 11) is 0. The van der Waals surface area contributed by atoms with Gasteiger partial charge in [-0.2, -0.15) is 9.97 Å². The van der Waals surface area contributed by atoms with Crippen LogP contribution in [0.25, 0.3) is 22.5 Å². The number of halogens is 1. The van der Waals surface area contributed by atoms with Gasteiger partial charge in [-0.25, -0.2) is 9.97 Å². The van der Waals surface area contributed by atoms with Gasteiger partial charge in [-0.1, -0.05) is 58.4 Å². The van der Waals surface area contributed by atoms with Gasteiger partial charge in [-0.3, -0.25) is 4.79 Å². The first kappa shape index (κ1) is 36.8. The van der Waals surface area contributed by atoms with E-state index < -0.39 is 0 Å². The SMILES string of the molecule is Cc1cccc(-c2cc(NCCCN)nc(N)n2)c1C.Cc1cccc(-c2cc(NCCCNC(=O)c3cccc(Br)c3)nc(N)n2)c1C. The first-order chi connectivity index (χ1) is 23.5. The lowest BCUT2D eigenvalue weighted by atomic mass is 10.0. The minimum Gasteiger partial charge on any atom is -0.370 e. The van der Waals surface area contributed by atoms with Crippen LogP contribution in [0.2, 0.25) is 0 Å². The predicted molar refractivity (Wildman–Crippen MR) is 204 cm³/mol. The highest BCUT2D eigenvalue weighted by Crippen LogP contribution is 2.27. The van der Waals surface area contributed by atoms with Gasteiger partial charge in [0.25, 0.3) is 5.91 Å². The van der Waals surface area contributed by atoms with Crippen LogP contribution in [-0.2, 0) is 0 Å². The van der Waals surface area contributed by atoms with E-state index in [-0.39, 0.29) is 17.8 Å². The van der Waals surface area contributed by atoms with Gasteiger partial charge < -0.3 is 33.2 Å². The van der Waals surface area contributed by atoms with E-state index in [9.17, 15) is 4.79 Å². The highest BCUT2D eigenvalue weighted by Gasteiger charge is 2.10. The van der Waals surface area contributed by atoms with E-state index >= 15 is 0 Å². The first-order valence-corrected chi connectivity index (χ1v) is 17.0. The molecule has 2 heterocycles. The zero-order valence-electron chi connectivity index (χ0n) is 28.5. The third-order valence-electron chi connectivity index (χ3n) is 7.97. The van der Waals surface area contributed by atoms with Crippen LogP contribution in [0.3, 0.4) is 0 Å². The molecular weight excluding hydrogens is 680 g/mol. The van der Waals surface area contributed by atoms with Crippen molar-refractivity contribution in [2.24, 2.45) is 5.73 Å². The average Bonchev–Trinajstić information content (AvgIpc) is 3.07. The molecule has 0 aliphatic heterocycles. The highest BCUT2D eigenvalue weighted by atomic mass is 79.9. The molecule has 0 saturated heterocycles. The number of amides is 1. The quantitative estimate of drug-likeness (QED) is 0.0783. The van der Waals surface area contributed by atoms with Crippen LogP contribution < -0.4 is 33.2 Å². The van der Waals surface area contributed by atoms with E-state index in [0.717, 1.165) is 52.2 Å². The first-order valence-electron chi connectivity index (χ1n) is 16.2. The molecule has 9 N–H and O–H groups in total. The third-order valence-corrected chi connectivity index (χ3v) is 8.46. The molecule has 49 heavy (non-hydrogen) atoms. The van der Waals surface area contributed by atoms with E-state index in [1.165, 1.54) is 22.3 Å². The molecule has 0 fully saturated rings. The van der Waals surface area contributed by atoms with Crippen LogP contribution in [0, 0.1) is 27.7 Å². The molecule has 0 atom stereocenters. The number of aryl methyl sites for hydroxylation is 2. The molecule has 11 nitrogen and oxygen atoms in total. The van der Waals surface area contributed by atoms with E-state index in [2.05, 4.69) is 91.6 Å². The Morgan fingerprint density at radius 1 is 0.673 bits per heavy atom.